The summed E-state index contributed by atoms with van der Waals surface area (Å²) in [5, 5.41) is 12.2. The number of benzene rings is 1. The van der Waals surface area contributed by atoms with Crippen molar-refractivity contribution < 1.29 is 14.3 Å². The normalized spacial score (nSPS) is 19.6. The molecule has 2 rings (SSSR count). The van der Waals surface area contributed by atoms with Crippen molar-refractivity contribution in [1.29, 1.82) is 0 Å². The summed E-state index contributed by atoms with van der Waals surface area (Å²) in [6.07, 6.45) is 1.04. The predicted octanol–water partition coefficient (Wildman–Crippen LogP) is 1.60. The molecule has 1 heterocycles. The first-order valence-electron chi connectivity index (χ1n) is 6.59. The van der Waals surface area contributed by atoms with Gasteiger partial charge >= 0.3 is 0 Å². The van der Waals surface area contributed by atoms with Crippen LogP contribution >= 0.6 is 0 Å². The highest BCUT2D eigenvalue weighted by Crippen LogP contribution is 2.20. The molecule has 0 aromatic heterocycles. The Morgan fingerprint density at radius 3 is 3.00 bits per heavy atom. The van der Waals surface area contributed by atoms with Crippen molar-refractivity contribution in [3.05, 3.63) is 29.6 Å². The molecule has 19 heavy (non-hydrogen) atoms. The number of hydrogen-bond acceptors (Lipinski definition) is 3. The summed E-state index contributed by atoms with van der Waals surface area (Å²) >= 11 is 0. The van der Waals surface area contributed by atoms with E-state index in [1.165, 1.54) is 18.2 Å². The summed E-state index contributed by atoms with van der Waals surface area (Å²) in [5.41, 5.74) is -0.271. The van der Waals surface area contributed by atoms with E-state index in [9.17, 15) is 14.3 Å². The summed E-state index contributed by atoms with van der Waals surface area (Å²) in [5.74, 6) is -1.17. The summed E-state index contributed by atoms with van der Waals surface area (Å²) < 4.78 is 13.5. The number of carbonyl (C=O) groups excluding carboxylic acids is 1. The number of rotatable bonds is 4. The van der Waals surface area contributed by atoms with Gasteiger partial charge in [0.2, 0.25) is 0 Å². The van der Waals surface area contributed by atoms with Gasteiger partial charge in [-0.2, -0.15) is 0 Å². The first-order valence-corrected chi connectivity index (χ1v) is 6.59. The SMILES string of the molecule is CCN1CCC(CNC(=O)c2c(O)cccc2F)C1. The number of phenolic OH excluding ortho intramolecular Hbond substituents is 1. The molecule has 1 unspecified atom stereocenters. The van der Waals surface area contributed by atoms with E-state index in [0.717, 1.165) is 26.1 Å². The van der Waals surface area contributed by atoms with Gasteiger partial charge in [0.25, 0.3) is 5.91 Å². The largest absolute Gasteiger partial charge is 0.507 e. The molecule has 4 nitrogen and oxygen atoms in total. The van der Waals surface area contributed by atoms with Crippen LogP contribution in [-0.4, -0.2) is 42.1 Å². The Bertz CT molecular complexity index is 445. The van der Waals surface area contributed by atoms with Gasteiger partial charge < -0.3 is 15.3 Å². The number of nitrogens with zero attached hydrogens (tertiary/aromatic N) is 1. The van der Waals surface area contributed by atoms with E-state index in [2.05, 4.69) is 17.1 Å². The zero-order valence-corrected chi connectivity index (χ0v) is 11.0. The number of carbonyl (C=O) groups is 1. The number of halogens is 1. The molecule has 5 heteroatoms. The zero-order chi connectivity index (χ0) is 13.8. The van der Waals surface area contributed by atoms with Gasteiger partial charge in [0.1, 0.15) is 17.1 Å². The molecule has 1 saturated heterocycles. The number of phenols is 1. The Morgan fingerprint density at radius 2 is 2.37 bits per heavy atom. The Balaban J connectivity index is 1.92. The van der Waals surface area contributed by atoms with Gasteiger partial charge in [-0.3, -0.25) is 4.79 Å². The van der Waals surface area contributed by atoms with E-state index in [1.807, 2.05) is 0 Å². The quantitative estimate of drug-likeness (QED) is 0.870. The highest BCUT2D eigenvalue weighted by molar-refractivity contribution is 5.97. The Kier molecular flexibility index (Phi) is 4.37. The fourth-order valence-corrected chi connectivity index (χ4v) is 2.43. The van der Waals surface area contributed by atoms with Crippen LogP contribution in [0.5, 0.6) is 5.75 Å². The van der Waals surface area contributed by atoms with E-state index in [1.54, 1.807) is 0 Å². The summed E-state index contributed by atoms with van der Waals surface area (Å²) in [7, 11) is 0. The van der Waals surface area contributed by atoms with Gasteiger partial charge in [-0.1, -0.05) is 13.0 Å². The second-order valence-corrected chi connectivity index (χ2v) is 4.89. The standard InChI is InChI=1S/C14H19FN2O2/c1-2-17-7-6-10(9-17)8-16-14(19)13-11(15)4-3-5-12(13)18/h3-5,10,18H,2,6-9H2,1H3,(H,16,19). The molecule has 1 aliphatic heterocycles. The fraction of sp³-hybridized carbons (Fsp3) is 0.500. The van der Waals surface area contributed by atoms with Crippen molar-refractivity contribution in [2.45, 2.75) is 13.3 Å². The topological polar surface area (TPSA) is 52.6 Å². The van der Waals surface area contributed by atoms with Crippen molar-refractivity contribution >= 4 is 5.91 Å². The molecule has 1 aromatic carbocycles. The van der Waals surface area contributed by atoms with E-state index >= 15 is 0 Å². The molecule has 2 N–H and O–H groups in total. The van der Waals surface area contributed by atoms with Gasteiger partial charge in [0.05, 0.1) is 0 Å². The average Bonchev–Trinajstić information content (AvgIpc) is 2.84. The monoisotopic (exact) mass is 266 g/mol. The first-order chi connectivity index (χ1) is 9.11. The second kappa shape index (κ2) is 6.02. The number of nitrogens with one attached hydrogen (secondary N) is 1. The molecule has 1 amide bonds. The van der Waals surface area contributed by atoms with Gasteiger partial charge in [0.15, 0.2) is 0 Å². The number of amides is 1. The molecule has 1 fully saturated rings. The van der Waals surface area contributed by atoms with E-state index < -0.39 is 11.7 Å². The molecular weight excluding hydrogens is 247 g/mol. The first kappa shape index (κ1) is 13.8. The van der Waals surface area contributed by atoms with Gasteiger partial charge in [-0.15, -0.1) is 0 Å². The van der Waals surface area contributed by atoms with Crippen LogP contribution in [0.2, 0.25) is 0 Å². The Hall–Kier alpha value is -1.62. The van der Waals surface area contributed by atoms with Gasteiger partial charge in [0, 0.05) is 13.1 Å². The lowest BCUT2D eigenvalue weighted by Gasteiger charge is -2.14. The average molecular weight is 266 g/mol. The minimum absolute atomic E-state index is 0.271. The molecule has 0 spiro atoms. The van der Waals surface area contributed by atoms with Crippen LogP contribution in [0.25, 0.3) is 0 Å². The lowest BCUT2D eigenvalue weighted by atomic mass is 10.1. The minimum Gasteiger partial charge on any atom is -0.507 e. The van der Waals surface area contributed by atoms with Crippen molar-refractivity contribution in [2.24, 2.45) is 5.92 Å². The summed E-state index contributed by atoms with van der Waals surface area (Å²) in [6.45, 7) is 5.64. The molecule has 1 aromatic rings. The molecule has 0 bridgehead atoms. The van der Waals surface area contributed by atoms with Crippen LogP contribution < -0.4 is 5.32 Å². The Labute approximate surface area is 112 Å². The third-order valence-electron chi connectivity index (χ3n) is 3.59. The second-order valence-electron chi connectivity index (χ2n) is 4.89. The van der Waals surface area contributed by atoms with Crippen LogP contribution in [0.1, 0.15) is 23.7 Å². The van der Waals surface area contributed by atoms with E-state index in [-0.39, 0.29) is 11.3 Å². The predicted molar refractivity (Wildman–Crippen MR) is 70.6 cm³/mol. The molecular formula is C14H19FN2O2. The summed E-state index contributed by atoms with van der Waals surface area (Å²) in [6, 6.07) is 3.85. The maximum Gasteiger partial charge on any atom is 0.258 e. The van der Waals surface area contributed by atoms with Crippen LogP contribution in [0.4, 0.5) is 4.39 Å². The number of aromatic hydroxyl groups is 1. The maximum atomic E-state index is 13.5. The van der Waals surface area contributed by atoms with Crippen molar-refractivity contribution in [1.82, 2.24) is 10.2 Å². The van der Waals surface area contributed by atoms with Crippen LogP contribution in [0, 0.1) is 11.7 Å². The molecule has 1 aliphatic rings. The lowest BCUT2D eigenvalue weighted by molar-refractivity contribution is 0.0940. The number of likely N-dealkylation sites (tertiary alicyclic amines) is 1. The lowest BCUT2D eigenvalue weighted by Crippen LogP contribution is -2.31. The molecule has 0 radical (unpaired) electrons. The van der Waals surface area contributed by atoms with Crippen LogP contribution in [-0.2, 0) is 0 Å². The van der Waals surface area contributed by atoms with Gasteiger partial charge in [-0.25, -0.2) is 4.39 Å². The van der Waals surface area contributed by atoms with Crippen LogP contribution in [0.3, 0.4) is 0 Å². The summed E-state index contributed by atoms with van der Waals surface area (Å²) in [4.78, 5) is 14.2. The molecule has 0 aliphatic carbocycles. The highest BCUT2D eigenvalue weighted by atomic mass is 19.1. The van der Waals surface area contributed by atoms with E-state index in [0.29, 0.717) is 12.5 Å². The molecule has 0 saturated carbocycles. The van der Waals surface area contributed by atoms with Crippen molar-refractivity contribution in [2.75, 3.05) is 26.2 Å². The fourth-order valence-electron chi connectivity index (χ4n) is 2.43. The van der Waals surface area contributed by atoms with Crippen molar-refractivity contribution in [3.63, 3.8) is 0 Å². The zero-order valence-electron chi connectivity index (χ0n) is 11.0. The highest BCUT2D eigenvalue weighted by Gasteiger charge is 2.23. The maximum absolute atomic E-state index is 13.5. The van der Waals surface area contributed by atoms with E-state index in [4.69, 9.17) is 0 Å². The third kappa shape index (κ3) is 3.23. The minimum atomic E-state index is -0.695. The smallest absolute Gasteiger partial charge is 0.258 e. The van der Waals surface area contributed by atoms with Gasteiger partial charge in [-0.05, 0) is 37.6 Å². The Morgan fingerprint density at radius 1 is 1.58 bits per heavy atom. The van der Waals surface area contributed by atoms with Crippen LogP contribution in [0.15, 0.2) is 18.2 Å². The third-order valence-corrected chi connectivity index (χ3v) is 3.59. The molecule has 104 valence electrons. The number of hydrogen-bond donors (Lipinski definition) is 2. The molecule has 1 atom stereocenters. The van der Waals surface area contributed by atoms with Crippen molar-refractivity contribution in [3.8, 4) is 5.75 Å².